The van der Waals surface area contributed by atoms with Crippen molar-refractivity contribution in [3.63, 3.8) is 0 Å². The van der Waals surface area contributed by atoms with Crippen molar-refractivity contribution in [2.45, 2.75) is 36.7 Å². The topological polar surface area (TPSA) is 17.8 Å². The first kappa shape index (κ1) is 18.1. The lowest BCUT2D eigenvalue weighted by atomic mass is 10.2. The number of halogens is 4. The molecule has 0 atom stereocenters. The molecule has 132 valence electrons. The van der Waals surface area contributed by atoms with Crippen LogP contribution in [0.5, 0.6) is 0 Å². The van der Waals surface area contributed by atoms with Crippen molar-refractivity contribution < 1.29 is 13.2 Å². The molecule has 0 aliphatic carbocycles. The molecule has 0 saturated heterocycles. The van der Waals surface area contributed by atoms with Crippen molar-refractivity contribution in [2.24, 2.45) is 0 Å². The van der Waals surface area contributed by atoms with Crippen LogP contribution < -0.4 is 0 Å². The minimum absolute atomic E-state index is 0.384. The van der Waals surface area contributed by atoms with Crippen molar-refractivity contribution >= 4 is 34.4 Å². The van der Waals surface area contributed by atoms with E-state index in [9.17, 15) is 13.2 Å². The number of aryl methyl sites for hydroxylation is 1. The summed E-state index contributed by atoms with van der Waals surface area (Å²) in [6, 6.07) is 11.2. The zero-order chi connectivity index (χ0) is 18.0. The lowest BCUT2D eigenvalue weighted by Crippen LogP contribution is -2.05. The van der Waals surface area contributed by atoms with Gasteiger partial charge in [0.2, 0.25) is 0 Å². The van der Waals surface area contributed by atoms with Crippen LogP contribution >= 0.6 is 23.4 Å². The highest BCUT2D eigenvalue weighted by Crippen LogP contribution is 2.32. The van der Waals surface area contributed by atoms with E-state index in [1.165, 1.54) is 6.07 Å². The Morgan fingerprint density at radius 1 is 1.12 bits per heavy atom. The number of hydrogen-bond donors (Lipinski definition) is 0. The largest absolute Gasteiger partial charge is 0.416 e. The van der Waals surface area contributed by atoms with E-state index in [-0.39, 0.29) is 0 Å². The van der Waals surface area contributed by atoms with E-state index in [0.29, 0.717) is 16.3 Å². The molecular formula is C18H16ClF3N2S. The molecule has 1 heterocycles. The molecule has 0 aliphatic rings. The van der Waals surface area contributed by atoms with Gasteiger partial charge in [0.1, 0.15) is 5.82 Å². The summed E-state index contributed by atoms with van der Waals surface area (Å²) in [5.41, 5.74) is 0.453. The molecule has 0 aliphatic heterocycles. The van der Waals surface area contributed by atoms with Crippen LogP contribution in [0.25, 0.3) is 11.0 Å². The number of alkyl halides is 3. The molecule has 0 N–H and O–H groups in total. The highest BCUT2D eigenvalue weighted by molar-refractivity contribution is 7.98. The maximum absolute atomic E-state index is 12.9. The summed E-state index contributed by atoms with van der Waals surface area (Å²) >= 11 is 7.47. The van der Waals surface area contributed by atoms with Gasteiger partial charge in [-0.1, -0.05) is 18.5 Å². The molecule has 0 unspecified atom stereocenters. The number of rotatable bonds is 5. The Hall–Kier alpha value is -1.66. The number of thioether (sulfide) groups is 1. The molecule has 7 heteroatoms. The minimum Gasteiger partial charge on any atom is -0.327 e. The molecule has 1 aromatic heterocycles. The normalized spacial score (nSPS) is 12.0. The first-order valence-electron chi connectivity index (χ1n) is 7.83. The second-order valence-corrected chi connectivity index (χ2v) is 7.11. The van der Waals surface area contributed by atoms with Gasteiger partial charge in [-0.2, -0.15) is 13.2 Å². The van der Waals surface area contributed by atoms with Crippen LogP contribution in [0.3, 0.4) is 0 Å². The van der Waals surface area contributed by atoms with Gasteiger partial charge in [-0.15, -0.1) is 11.8 Å². The fourth-order valence-electron chi connectivity index (χ4n) is 2.62. The number of imidazole rings is 1. The third-order valence-electron chi connectivity index (χ3n) is 3.78. The zero-order valence-electron chi connectivity index (χ0n) is 13.5. The Morgan fingerprint density at radius 2 is 1.84 bits per heavy atom. The molecule has 0 fully saturated rings. The quantitative estimate of drug-likeness (QED) is 0.473. The average molecular weight is 385 g/mol. The van der Waals surface area contributed by atoms with Crippen LogP contribution in [-0.2, 0) is 18.5 Å². The van der Waals surface area contributed by atoms with E-state index in [2.05, 4.69) is 4.98 Å². The summed E-state index contributed by atoms with van der Waals surface area (Å²) in [4.78, 5) is 5.49. The summed E-state index contributed by atoms with van der Waals surface area (Å²) in [6.07, 6.45) is -3.48. The van der Waals surface area contributed by atoms with Crippen LogP contribution in [0.1, 0.15) is 24.7 Å². The van der Waals surface area contributed by atoms with Gasteiger partial charge in [0.25, 0.3) is 0 Å². The van der Waals surface area contributed by atoms with Crippen LogP contribution in [0.2, 0.25) is 5.02 Å². The van der Waals surface area contributed by atoms with Crippen LogP contribution in [-0.4, -0.2) is 9.55 Å². The highest BCUT2D eigenvalue weighted by Gasteiger charge is 2.31. The zero-order valence-corrected chi connectivity index (χ0v) is 15.0. The van der Waals surface area contributed by atoms with E-state index in [0.717, 1.165) is 41.3 Å². The summed E-state index contributed by atoms with van der Waals surface area (Å²) in [7, 11) is 0. The summed E-state index contributed by atoms with van der Waals surface area (Å²) in [6.45, 7) is 2.75. The van der Waals surface area contributed by atoms with Crippen molar-refractivity contribution in [1.29, 1.82) is 0 Å². The average Bonchev–Trinajstić information content (AvgIpc) is 2.91. The van der Waals surface area contributed by atoms with Gasteiger partial charge in [-0.3, -0.25) is 0 Å². The number of aromatic nitrogens is 2. The summed E-state index contributed by atoms with van der Waals surface area (Å²) in [5, 5.41) is 0.669. The SMILES string of the molecule is CCCn1c(CSc2ccc(Cl)cc2)nc2cc(C(F)(F)F)ccc21. The predicted octanol–water partition coefficient (Wildman–Crippen LogP) is 6.41. The standard InChI is InChI=1S/C18H16ClF3N2S/c1-2-9-24-16-8-3-12(18(20,21)22)10-15(16)23-17(24)11-25-14-6-4-13(19)5-7-14/h3-8,10H,2,9,11H2,1H3. The fourth-order valence-corrected chi connectivity index (χ4v) is 3.59. The Kier molecular flexibility index (Phi) is 5.29. The van der Waals surface area contributed by atoms with Gasteiger partial charge in [0.05, 0.1) is 22.3 Å². The van der Waals surface area contributed by atoms with Crippen LogP contribution in [0.15, 0.2) is 47.4 Å². The lowest BCUT2D eigenvalue weighted by Gasteiger charge is -2.09. The minimum atomic E-state index is -4.36. The first-order valence-corrected chi connectivity index (χ1v) is 9.19. The van der Waals surface area contributed by atoms with Gasteiger partial charge in [0.15, 0.2) is 0 Å². The van der Waals surface area contributed by atoms with Crippen LogP contribution in [0.4, 0.5) is 13.2 Å². The maximum atomic E-state index is 12.9. The molecule has 0 radical (unpaired) electrons. The Morgan fingerprint density at radius 3 is 2.48 bits per heavy atom. The molecule has 2 aromatic carbocycles. The molecular weight excluding hydrogens is 369 g/mol. The number of hydrogen-bond acceptors (Lipinski definition) is 2. The van der Waals surface area contributed by atoms with Gasteiger partial charge < -0.3 is 4.57 Å². The molecule has 25 heavy (non-hydrogen) atoms. The van der Waals surface area contributed by atoms with Gasteiger partial charge in [-0.05, 0) is 48.9 Å². The summed E-state index contributed by atoms with van der Waals surface area (Å²) in [5.74, 6) is 1.36. The molecule has 3 aromatic rings. The number of benzene rings is 2. The molecule has 0 amide bonds. The fraction of sp³-hybridized carbons (Fsp3) is 0.278. The van der Waals surface area contributed by atoms with Crippen molar-refractivity contribution in [2.75, 3.05) is 0 Å². The second-order valence-electron chi connectivity index (χ2n) is 5.62. The third kappa shape index (κ3) is 4.12. The Labute approximate surface area is 153 Å². The Bertz CT molecular complexity index is 872. The van der Waals surface area contributed by atoms with Crippen molar-refractivity contribution in [3.05, 3.63) is 58.9 Å². The monoisotopic (exact) mass is 384 g/mol. The van der Waals surface area contributed by atoms with E-state index < -0.39 is 11.7 Å². The molecule has 0 spiro atoms. The second kappa shape index (κ2) is 7.30. The lowest BCUT2D eigenvalue weighted by molar-refractivity contribution is -0.137. The Balaban J connectivity index is 1.92. The highest BCUT2D eigenvalue weighted by atomic mass is 35.5. The van der Waals surface area contributed by atoms with E-state index in [1.807, 2.05) is 35.8 Å². The molecule has 0 saturated carbocycles. The van der Waals surface area contributed by atoms with E-state index in [4.69, 9.17) is 11.6 Å². The van der Waals surface area contributed by atoms with E-state index in [1.54, 1.807) is 11.8 Å². The number of fused-ring (bicyclic) bond motifs is 1. The summed E-state index contributed by atoms with van der Waals surface area (Å²) < 4.78 is 40.8. The predicted molar refractivity (Wildman–Crippen MR) is 96.0 cm³/mol. The molecule has 2 nitrogen and oxygen atoms in total. The van der Waals surface area contributed by atoms with Crippen molar-refractivity contribution in [1.82, 2.24) is 9.55 Å². The third-order valence-corrected chi connectivity index (χ3v) is 5.04. The van der Waals surface area contributed by atoms with E-state index >= 15 is 0 Å². The van der Waals surface area contributed by atoms with Crippen molar-refractivity contribution in [3.8, 4) is 0 Å². The van der Waals surface area contributed by atoms with Gasteiger partial charge >= 0.3 is 6.18 Å². The maximum Gasteiger partial charge on any atom is 0.416 e. The molecule has 0 bridgehead atoms. The molecule has 3 rings (SSSR count). The smallest absolute Gasteiger partial charge is 0.327 e. The van der Waals surface area contributed by atoms with Gasteiger partial charge in [-0.25, -0.2) is 4.98 Å². The first-order chi connectivity index (χ1) is 11.9. The van der Waals surface area contributed by atoms with Gasteiger partial charge in [0, 0.05) is 16.5 Å². The van der Waals surface area contributed by atoms with Crippen LogP contribution in [0, 0.1) is 0 Å². The number of nitrogens with zero attached hydrogens (tertiary/aromatic N) is 2.